The van der Waals surface area contributed by atoms with Gasteiger partial charge in [0.05, 0.1) is 4.92 Å². The van der Waals surface area contributed by atoms with Gasteiger partial charge < -0.3 is 10.2 Å². The molecule has 1 aliphatic heterocycles. The second kappa shape index (κ2) is 4.75. The molecule has 0 bridgehead atoms. The van der Waals surface area contributed by atoms with Crippen molar-refractivity contribution in [2.45, 2.75) is 18.9 Å². The standard InChI is InChI=1S/C9H14N4O2S/c1-12(7-3-2-4-10-5-7)9-11-6-8(16-9)13(14)15/h6-7,10H,2-5H2,1H3. The van der Waals surface area contributed by atoms with E-state index in [1.54, 1.807) is 0 Å². The number of nitrogens with one attached hydrogen (secondary N) is 1. The van der Waals surface area contributed by atoms with Gasteiger partial charge in [0.1, 0.15) is 6.20 Å². The van der Waals surface area contributed by atoms with Crippen molar-refractivity contribution in [2.75, 3.05) is 25.0 Å². The summed E-state index contributed by atoms with van der Waals surface area (Å²) < 4.78 is 0. The zero-order chi connectivity index (χ0) is 11.5. The average molecular weight is 242 g/mol. The fourth-order valence-corrected chi connectivity index (χ4v) is 2.59. The summed E-state index contributed by atoms with van der Waals surface area (Å²) >= 11 is 1.13. The van der Waals surface area contributed by atoms with Gasteiger partial charge >= 0.3 is 5.00 Å². The Labute approximate surface area is 97.4 Å². The van der Waals surface area contributed by atoms with Gasteiger partial charge in [-0.05, 0) is 30.7 Å². The zero-order valence-electron chi connectivity index (χ0n) is 9.05. The van der Waals surface area contributed by atoms with Crippen LogP contribution in [-0.4, -0.2) is 36.1 Å². The number of likely N-dealkylation sites (N-methyl/N-ethyl adjacent to an activating group) is 1. The first-order valence-electron chi connectivity index (χ1n) is 5.22. The van der Waals surface area contributed by atoms with Crippen molar-refractivity contribution >= 4 is 21.5 Å². The molecule has 1 atom stereocenters. The van der Waals surface area contributed by atoms with Crippen molar-refractivity contribution in [3.8, 4) is 0 Å². The van der Waals surface area contributed by atoms with Gasteiger partial charge in [-0.25, -0.2) is 4.98 Å². The number of aromatic nitrogens is 1. The van der Waals surface area contributed by atoms with E-state index in [4.69, 9.17) is 0 Å². The lowest BCUT2D eigenvalue weighted by atomic mass is 10.1. The van der Waals surface area contributed by atoms with Crippen LogP contribution >= 0.6 is 11.3 Å². The number of hydrogen-bond donors (Lipinski definition) is 1. The SMILES string of the molecule is CN(c1ncc([N+](=O)[O-])s1)C1CCCNC1. The third kappa shape index (κ3) is 2.30. The van der Waals surface area contributed by atoms with Gasteiger partial charge in [-0.3, -0.25) is 10.1 Å². The van der Waals surface area contributed by atoms with Gasteiger partial charge in [0, 0.05) is 19.6 Å². The van der Waals surface area contributed by atoms with Gasteiger partial charge in [0.15, 0.2) is 5.13 Å². The van der Waals surface area contributed by atoms with Crippen LogP contribution in [0.15, 0.2) is 6.20 Å². The fourth-order valence-electron chi connectivity index (χ4n) is 1.82. The predicted octanol–water partition coefficient (Wildman–Crippen LogP) is 1.24. The summed E-state index contributed by atoms with van der Waals surface area (Å²) in [6.07, 6.45) is 3.58. The molecule has 0 aromatic carbocycles. The molecule has 0 radical (unpaired) electrons. The summed E-state index contributed by atoms with van der Waals surface area (Å²) in [6.45, 7) is 1.98. The Kier molecular flexibility index (Phi) is 3.35. The van der Waals surface area contributed by atoms with E-state index in [0.29, 0.717) is 6.04 Å². The normalized spacial score (nSPS) is 20.7. The lowest BCUT2D eigenvalue weighted by Crippen LogP contribution is -2.44. The van der Waals surface area contributed by atoms with Crippen LogP contribution < -0.4 is 10.2 Å². The minimum atomic E-state index is -0.395. The molecule has 0 spiro atoms. The maximum Gasteiger partial charge on any atom is 0.345 e. The number of thiazole rings is 1. The maximum absolute atomic E-state index is 10.6. The highest BCUT2D eigenvalue weighted by Crippen LogP contribution is 2.29. The molecule has 0 amide bonds. The van der Waals surface area contributed by atoms with E-state index in [-0.39, 0.29) is 5.00 Å². The molecular weight excluding hydrogens is 228 g/mol. The van der Waals surface area contributed by atoms with Crippen LogP contribution in [0.1, 0.15) is 12.8 Å². The molecular formula is C9H14N4O2S. The van der Waals surface area contributed by atoms with Crippen LogP contribution in [0, 0.1) is 10.1 Å². The third-order valence-electron chi connectivity index (χ3n) is 2.78. The highest BCUT2D eigenvalue weighted by Gasteiger charge is 2.22. The van der Waals surface area contributed by atoms with Crippen molar-refractivity contribution in [1.29, 1.82) is 0 Å². The van der Waals surface area contributed by atoms with Crippen LogP contribution in [0.2, 0.25) is 0 Å². The number of hydrogen-bond acceptors (Lipinski definition) is 6. The number of nitro groups is 1. The Hall–Kier alpha value is -1.21. The van der Waals surface area contributed by atoms with Gasteiger partial charge in [-0.2, -0.15) is 0 Å². The Morgan fingerprint density at radius 1 is 1.75 bits per heavy atom. The summed E-state index contributed by atoms with van der Waals surface area (Å²) in [4.78, 5) is 16.3. The summed E-state index contributed by atoms with van der Waals surface area (Å²) in [5.74, 6) is 0. The molecule has 6 nitrogen and oxygen atoms in total. The first-order valence-corrected chi connectivity index (χ1v) is 6.04. The smallest absolute Gasteiger partial charge is 0.345 e. The second-order valence-electron chi connectivity index (χ2n) is 3.85. The third-order valence-corrected chi connectivity index (χ3v) is 3.82. The first kappa shape index (κ1) is 11.3. The Bertz CT molecular complexity index is 375. The fraction of sp³-hybridized carbons (Fsp3) is 0.667. The highest BCUT2D eigenvalue weighted by atomic mass is 32.1. The van der Waals surface area contributed by atoms with Gasteiger partial charge in [0.2, 0.25) is 0 Å². The lowest BCUT2D eigenvalue weighted by molar-refractivity contribution is -0.380. The monoisotopic (exact) mass is 242 g/mol. The molecule has 1 saturated heterocycles. The number of nitrogens with zero attached hydrogens (tertiary/aromatic N) is 3. The molecule has 0 saturated carbocycles. The van der Waals surface area contributed by atoms with E-state index in [0.717, 1.165) is 42.4 Å². The topological polar surface area (TPSA) is 71.3 Å². The zero-order valence-corrected chi connectivity index (χ0v) is 9.87. The van der Waals surface area contributed by atoms with Crippen molar-refractivity contribution in [3.63, 3.8) is 0 Å². The first-order chi connectivity index (χ1) is 7.68. The quantitative estimate of drug-likeness (QED) is 0.638. The summed E-state index contributed by atoms with van der Waals surface area (Å²) in [5.41, 5.74) is 0. The number of rotatable bonds is 3. The minimum absolute atomic E-state index is 0.102. The lowest BCUT2D eigenvalue weighted by Gasteiger charge is -2.31. The van der Waals surface area contributed by atoms with E-state index in [9.17, 15) is 10.1 Å². The molecule has 1 aliphatic rings. The van der Waals surface area contributed by atoms with Crippen molar-refractivity contribution in [2.24, 2.45) is 0 Å². The van der Waals surface area contributed by atoms with E-state index >= 15 is 0 Å². The van der Waals surface area contributed by atoms with E-state index < -0.39 is 4.92 Å². The molecule has 1 aromatic heterocycles. The molecule has 2 heterocycles. The summed E-state index contributed by atoms with van der Waals surface area (Å²) in [6, 6.07) is 0.388. The molecule has 7 heteroatoms. The summed E-state index contributed by atoms with van der Waals surface area (Å²) in [5, 5.41) is 14.7. The second-order valence-corrected chi connectivity index (χ2v) is 4.84. The van der Waals surface area contributed by atoms with Crippen LogP contribution in [0.5, 0.6) is 0 Å². The van der Waals surface area contributed by atoms with Gasteiger partial charge in [-0.15, -0.1) is 0 Å². The molecule has 1 fully saturated rings. The molecule has 1 unspecified atom stereocenters. The van der Waals surface area contributed by atoms with Crippen LogP contribution in [0.25, 0.3) is 0 Å². The Morgan fingerprint density at radius 3 is 3.12 bits per heavy atom. The molecule has 0 aliphatic carbocycles. The Balaban J connectivity index is 2.07. The molecule has 88 valence electrons. The number of piperidine rings is 1. The van der Waals surface area contributed by atoms with Crippen molar-refractivity contribution in [3.05, 3.63) is 16.3 Å². The van der Waals surface area contributed by atoms with E-state index in [1.807, 2.05) is 11.9 Å². The average Bonchev–Trinajstić information content (AvgIpc) is 2.78. The van der Waals surface area contributed by atoms with Crippen molar-refractivity contribution < 1.29 is 4.92 Å². The molecule has 1 aromatic rings. The van der Waals surface area contributed by atoms with E-state index in [1.165, 1.54) is 6.20 Å². The van der Waals surface area contributed by atoms with Crippen LogP contribution in [0.3, 0.4) is 0 Å². The van der Waals surface area contributed by atoms with Gasteiger partial charge in [0.25, 0.3) is 0 Å². The van der Waals surface area contributed by atoms with Crippen LogP contribution in [0.4, 0.5) is 10.1 Å². The highest BCUT2D eigenvalue weighted by molar-refractivity contribution is 7.18. The molecule has 16 heavy (non-hydrogen) atoms. The van der Waals surface area contributed by atoms with Crippen molar-refractivity contribution in [1.82, 2.24) is 10.3 Å². The predicted molar refractivity (Wildman–Crippen MR) is 63.1 cm³/mol. The number of anilines is 1. The van der Waals surface area contributed by atoms with Crippen LogP contribution in [-0.2, 0) is 0 Å². The van der Waals surface area contributed by atoms with E-state index in [2.05, 4.69) is 10.3 Å². The summed E-state index contributed by atoms with van der Waals surface area (Å²) in [7, 11) is 1.94. The molecule has 2 rings (SSSR count). The molecule has 1 N–H and O–H groups in total. The van der Waals surface area contributed by atoms with Gasteiger partial charge in [-0.1, -0.05) is 0 Å². The Morgan fingerprint density at radius 2 is 2.56 bits per heavy atom. The largest absolute Gasteiger partial charge is 0.347 e. The maximum atomic E-state index is 10.6. The minimum Gasteiger partial charge on any atom is -0.347 e.